The molecule has 0 saturated carbocycles. The van der Waals surface area contributed by atoms with Crippen LogP contribution < -0.4 is 15.1 Å². The van der Waals surface area contributed by atoms with Gasteiger partial charge in [-0.25, -0.2) is 4.98 Å². The average Bonchev–Trinajstić information content (AvgIpc) is 3.42. The van der Waals surface area contributed by atoms with E-state index in [0.717, 1.165) is 24.5 Å². The van der Waals surface area contributed by atoms with Crippen molar-refractivity contribution >= 4 is 51.3 Å². The normalized spacial score (nSPS) is 19.7. The molecule has 27 heavy (non-hydrogen) atoms. The van der Waals surface area contributed by atoms with Crippen molar-refractivity contribution < 1.29 is 9.59 Å². The van der Waals surface area contributed by atoms with Crippen molar-refractivity contribution in [3.63, 3.8) is 0 Å². The van der Waals surface area contributed by atoms with E-state index in [1.807, 2.05) is 17.5 Å². The highest BCUT2D eigenvalue weighted by Gasteiger charge is 2.35. The maximum atomic E-state index is 12.5. The number of carbonyl (C=O) groups excluding carboxylic acids is 2. The molecule has 1 aromatic carbocycles. The van der Waals surface area contributed by atoms with Crippen LogP contribution in [0, 0.1) is 5.92 Å². The maximum absolute atomic E-state index is 12.5. The number of nitrogens with one attached hydrogen (secondary N) is 1. The number of halogens is 1. The predicted molar refractivity (Wildman–Crippen MR) is 109 cm³/mol. The highest BCUT2D eigenvalue weighted by Crippen LogP contribution is 2.29. The molecule has 0 spiro atoms. The molecule has 1 atom stereocenters. The first-order valence-electron chi connectivity index (χ1n) is 9.10. The van der Waals surface area contributed by atoms with E-state index in [4.69, 9.17) is 11.6 Å². The molecule has 0 aliphatic carbocycles. The molecule has 2 aliphatic heterocycles. The fourth-order valence-electron chi connectivity index (χ4n) is 3.58. The summed E-state index contributed by atoms with van der Waals surface area (Å²) in [5, 5.41) is 5.14. The highest BCUT2D eigenvalue weighted by molar-refractivity contribution is 7.14. The second-order valence-electron chi connectivity index (χ2n) is 6.88. The van der Waals surface area contributed by atoms with Gasteiger partial charge in [0.25, 0.3) is 0 Å². The summed E-state index contributed by atoms with van der Waals surface area (Å²) >= 11 is 7.08. The average molecular weight is 405 g/mol. The topological polar surface area (TPSA) is 65.5 Å². The van der Waals surface area contributed by atoms with E-state index >= 15 is 0 Å². The number of nitrogens with zero attached hydrogens (tertiary/aromatic N) is 3. The molecule has 2 fully saturated rings. The van der Waals surface area contributed by atoms with Crippen LogP contribution in [0.25, 0.3) is 0 Å². The monoisotopic (exact) mass is 404 g/mol. The van der Waals surface area contributed by atoms with Gasteiger partial charge in [0.05, 0.1) is 17.5 Å². The lowest BCUT2D eigenvalue weighted by molar-refractivity contribution is -0.122. The molecule has 1 aromatic heterocycles. The lowest BCUT2D eigenvalue weighted by Gasteiger charge is -2.20. The van der Waals surface area contributed by atoms with E-state index in [2.05, 4.69) is 27.3 Å². The lowest BCUT2D eigenvalue weighted by Crippen LogP contribution is -2.28. The van der Waals surface area contributed by atoms with Crippen LogP contribution in [0.1, 0.15) is 25.0 Å². The third-order valence-corrected chi connectivity index (χ3v) is 6.13. The number of hydrogen-bond acceptors (Lipinski definition) is 5. The first-order valence-corrected chi connectivity index (χ1v) is 10.5. The van der Waals surface area contributed by atoms with Gasteiger partial charge in [-0.2, -0.15) is 0 Å². The Labute approximate surface area is 167 Å². The molecule has 0 bridgehead atoms. The largest absolute Gasteiger partial charge is 0.372 e. The second-order valence-corrected chi connectivity index (χ2v) is 8.01. The molecule has 3 heterocycles. The molecule has 2 aromatic rings. The Morgan fingerprint density at radius 3 is 2.59 bits per heavy atom. The van der Waals surface area contributed by atoms with E-state index in [-0.39, 0.29) is 24.2 Å². The Morgan fingerprint density at radius 2 is 1.93 bits per heavy atom. The molecule has 1 N–H and O–H groups in total. The molecule has 142 valence electrons. The van der Waals surface area contributed by atoms with Gasteiger partial charge in [-0.05, 0) is 37.1 Å². The lowest BCUT2D eigenvalue weighted by atomic mass is 10.1. The van der Waals surface area contributed by atoms with Crippen LogP contribution in [0.4, 0.5) is 16.5 Å². The van der Waals surface area contributed by atoms with Crippen LogP contribution in [-0.4, -0.2) is 36.4 Å². The smallest absolute Gasteiger partial charge is 0.231 e. The Hall–Kier alpha value is -2.12. The third-order valence-electron chi connectivity index (χ3n) is 5.05. The summed E-state index contributed by atoms with van der Waals surface area (Å²) in [6.45, 7) is 2.57. The van der Waals surface area contributed by atoms with E-state index in [1.165, 1.54) is 29.9 Å². The SMILES string of the molecule is O=C(Nc1nc(CCl)cs1)C1CC(=O)N(c2ccc(N3CCCC3)cc2)C1. The predicted octanol–water partition coefficient (Wildman–Crippen LogP) is 3.47. The molecular formula is C19H21ClN4O2S. The van der Waals surface area contributed by atoms with Gasteiger partial charge in [0.15, 0.2) is 5.13 Å². The molecule has 8 heteroatoms. The van der Waals surface area contributed by atoms with Crippen LogP contribution >= 0.6 is 22.9 Å². The Balaban J connectivity index is 1.40. The zero-order valence-electron chi connectivity index (χ0n) is 14.9. The van der Waals surface area contributed by atoms with Crippen molar-refractivity contribution in [3.8, 4) is 0 Å². The number of alkyl halides is 1. The van der Waals surface area contributed by atoms with E-state index in [9.17, 15) is 9.59 Å². The number of rotatable bonds is 5. The number of aromatic nitrogens is 1. The molecule has 6 nitrogen and oxygen atoms in total. The minimum atomic E-state index is -0.376. The van der Waals surface area contributed by atoms with E-state index < -0.39 is 0 Å². The third kappa shape index (κ3) is 3.94. The molecule has 2 aliphatic rings. The van der Waals surface area contributed by atoms with Crippen LogP contribution in [-0.2, 0) is 15.5 Å². The van der Waals surface area contributed by atoms with Gasteiger partial charge in [0, 0.05) is 42.8 Å². The quantitative estimate of drug-likeness (QED) is 0.775. The highest BCUT2D eigenvalue weighted by atomic mass is 35.5. The van der Waals surface area contributed by atoms with Gasteiger partial charge >= 0.3 is 0 Å². The number of carbonyl (C=O) groups is 2. The number of hydrogen-bond donors (Lipinski definition) is 1. The van der Waals surface area contributed by atoms with Crippen LogP contribution in [0.2, 0.25) is 0 Å². The number of anilines is 3. The zero-order valence-corrected chi connectivity index (χ0v) is 16.4. The van der Waals surface area contributed by atoms with Crippen molar-refractivity contribution in [1.82, 2.24) is 4.98 Å². The zero-order chi connectivity index (χ0) is 18.8. The molecule has 2 amide bonds. The molecule has 1 unspecified atom stereocenters. The van der Waals surface area contributed by atoms with Crippen LogP contribution in [0.15, 0.2) is 29.6 Å². The van der Waals surface area contributed by atoms with Gasteiger partial charge < -0.3 is 15.1 Å². The number of amides is 2. The van der Waals surface area contributed by atoms with Gasteiger partial charge in [-0.1, -0.05) is 0 Å². The first-order chi connectivity index (χ1) is 13.1. The summed E-state index contributed by atoms with van der Waals surface area (Å²) in [5.74, 6) is -0.256. The first kappa shape index (κ1) is 18.3. The van der Waals surface area contributed by atoms with Crippen molar-refractivity contribution in [2.24, 2.45) is 5.92 Å². The molecule has 2 saturated heterocycles. The van der Waals surface area contributed by atoms with Gasteiger partial charge in [0.2, 0.25) is 11.8 Å². The van der Waals surface area contributed by atoms with Gasteiger partial charge in [-0.15, -0.1) is 22.9 Å². The van der Waals surface area contributed by atoms with Gasteiger partial charge in [0.1, 0.15) is 0 Å². The number of benzene rings is 1. The summed E-state index contributed by atoms with van der Waals surface area (Å²) in [5.41, 5.74) is 2.77. The number of thiazole rings is 1. The Bertz CT molecular complexity index is 832. The molecule has 0 radical (unpaired) electrons. The van der Waals surface area contributed by atoms with E-state index in [0.29, 0.717) is 17.6 Å². The maximum Gasteiger partial charge on any atom is 0.231 e. The summed E-state index contributed by atoms with van der Waals surface area (Å²) in [7, 11) is 0. The van der Waals surface area contributed by atoms with Crippen LogP contribution in [0.3, 0.4) is 0 Å². The molecule has 4 rings (SSSR count). The van der Waals surface area contributed by atoms with Crippen LogP contribution in [0.5, 0.6) is 0 Å². The Morgan fingerprint density at radius 1 is 1.22 bits per heavy atom. The summed E-state index contributed by atoms with van der Waals surface area (Å²) < 4.78 is 0. The molecular weight excluding hydrogens is 384 g/mol. The van der Waals surface area contributed by atoms with E-state index in [1.54, 1.807) is 4.90 Å². The summed E-state index contributed by atoms with van der Waals surface area (Å²) in [4.78, 5) is 33.2. The second kappa shape index (κ2) is 7.86. The minimum absolute atomic E-state index is 0.0235. The van der Waals surface area contributed by atoms with Crippen molar-refractivity contribution in [3.05, 3.63) is 35.3 Å². The summed E-state index contributed by atoms with van der Waals surface area (Å²) in [6.07, 6.45) is 2.68. The van der Waals surface area contributed by atoms with Crippen molar-refractivity contribution in [2.45, 2.75) is 25.1 Å². The fourth-order valence-corrected chi connectivity index (χ4v) is 4.53. The minimum Gasteiger partial charge on any atom is -0.372 e. The van der Waals surface area contributed by atoms with Crippen molar-refractivity contribution in [2.75, 3.05) is 34.8 Å². The fraction of sp³-hybridized carbons (Fsp3) is 0.421. The summed E-state index contributed by atoms with van der Waals surface area (Å²) in [6, 6.07) is 8.06. The van der Waals surface area contributed by atoms with Gasteiger partial charge in [-0.3, -0.25) is 9.59 Å². The van der Waals surface area contributed by atoms with Crippen molar-refractivity contribution in [1.29, 1.82) is 0 Å². The standard InChI is InChI=1S/C19H21ClN4O2S/c20-10-14-12-27-19(21-14)22-18(26)13-9-17(25)24(11-13)16-5-3-15(4-6-16)23-7-1-2-8-23/h3-6,12-13H,1-2,7-11H2,(H,21,22,26). The Kier molecular flexibility index (Phi) is 5.31.